The Morgan fingerprint density at radius 3 is 2.43 bits per heavy atom. The molecule has 0 radical (unpaired) electrons. The second-order valence-electron chi connectivity index (χ2n) is 5.91. The minimum absolute atomic E-state index is 0.0520. The van der Waals surface area contributed by atoms with Gasteiger partial charge in [0.2, 0.25) is 0 Å². The van der Waals surface area contributed by atoms with Crippen LogP contribution in [0.3, 0.4) is 0 Å². The number of nitrogens with zero attached hydrogens (tertiary/aromatic N) is 1. The highest BCUT2D eigenvalue weighted by Crippen LogP contribution is 2.18. The fourth-order valence-electron chi connectivity index (χ4n) is 1.94. The number of rotatable bonds is 3. The van der Waals surface area contributed by atoms with Gasteiger partial charge in [0.25, 0.3) is 0 Å². The summed E-state index contributed by atoms with van der Waals surface area (Å²) in [5.74, 6) is -2.46. The van der Waals surface area contributed by atoms with E-state index in [2.05, 4.69) is 4.74 Å². The van der Waals surface area contributed by atoms with E-state index in [-0.39, 0.29) is 25.3 Å². The maximum absolute atomic E-state index is 12.0. The van der Waals surface area contributed by atoms with Gasteiger partial charge in [-0.05, 0) is 20.8 Å². The van der Waals surface area contributed by atoms with Crippen LogP contribution in [0.15, 0.2) is 0 Å². The molecule has 7 nitrogen and oxygen atoms in total. The molecule has 1 fully saturated rings. The number of ether oxygens (including phenoxy) is 2. The number of piperidine rings is 1. The third kappa shape index (κ3) is 5.17. The van der Waals surface area contributed by atoms with Gasteiger partial charge in [-0.2, -0.15) is 0 Å². The quantitative estimate of drug-likeness (QED) is 0.569. The molecule has 0 aromatic heterocycles. The van der Waals surface area contributed by atoms with Crippen molar-refractivity contribution in [3.05, 3.63) is 0 Å². The molecular weight excluding hydrogens is 278 g/mol. The summed E-state index contributed by atoms with van der Waals surface area (Å²) in [5, 5.41) is 0. The average molecular weight is 299 g/mol. The van der Waals surface area contributed by atoms with E-state index in [0.29, 0.717) is 0 Å². The summed E-state index contributed by atoms with van der Waals surface area (Å²) in [6.45, 7) is 5.37. The van der Waals surface area contributed by atoms with Crippen molar-refractivity contribution in [2.75, 3.05) is 20.2 Å². The highest BCUT2D eigenvalue weighted by molar-refractivity contribution is 6.09. The summed E-state index contributed by atoms with van der Waals surface area (Å²) in [5.41, 5.74) is -0.649. The van der Waals surface area contributed by atoms with Crippen LogP contribution >= 0.6 is 0 Å². The van der Waals surface area contributed by atoms with E-state index in [9.17, 15) is 19.2 Å². The molecule has 1 saturated heterocycles. The number of esters is 1. The monoisotopic (exact) mass is 299 g/mol. The molecule has 1 aliphatic heterocycles. The van der Waals surface area contributed by atoms with E-state index >= 15 is 0 Å². The smallest absolute Gasteiger partial charge is 0.410 e. The van der Waals surface area contributed by atoms with Crippen LogP contribution in [0.4, 0.5) is 4.79 Å². The lowest BCUT2D eigenvalue weighted by atomic mass is 9.91. The molecule has 0 saturated carbocycles. The van der Waals surface area contributed by atoms with E-state index in [1.54, 1.807) is 20.8 Å². The fourth-order valence-corrected chi connectivity index (χ4v) is 1.94. The zero-order chi connectivity index (χ0) is 16.2. The summed E-state index contributed by atoms with van der Waals surface area (Å²) in [6.07, 6.45) is -0.947. The van der Waals surface area contributed by atoms with Crippen LogP contribution in [-0.2, 0) is 23.9 Å². The summed E-state index contributed by atoms with van der Waals surface area (Å²) in [7, 11) is 1.17. The molecule has 1 rings (SSSR count). The van der Waals surface area contributed by atoms with Gasteiger partial charge in [0.1, 0.15) is 17.8 Å². The zero-order valence-corrected chi connectivity index (χ0v) is 12.8. The first-order valence-corrected chi connectivity index (χ1v) is 6.74. The van der Waals surface area contributed by atoms with Gasteiger partial charge in [0.05, 0.1) is 13.0 Å². The van der Waals surface area contributed by atoms with Crippen molar-refractivity contribution in [1.29, 1.82) is 0 Å². The van der Waals surface area contributed by atoms with E-state index < -0.39 is 35.8 Å². The van der Waals surface area contributed by atoms with E-state index in [1.807, 2.05) is 0 Å². The lowest BCUT2D eigenvalue weighted by Gasteiger charge is -2.32. The van der Waals surface area contributed by atoms with Crippen molar-refractivity contribution in [2.24, 2.45) is 5.92 Å². The van der Waals surface area contributed by atoms with Crippen LogP contribution in [0.2, 0.25) is 0 Å². The van der Waals surface area contributed by atoms with E-state index in [4.69, 9.17) is 4.74 Å². The molecule has 0 spiro atoms. The lowest BCUT2D eigenvalue weighted by molar-refractivity contribution is -0.145. The van der Waals surface area contributed by atoms with Crippen LogP contribution in [-0.4, -0.2) is 54.3 Å². The molecule has 0 N–H and O–H groups in total. The second kappa shape index (κ2) is 6.69. The van der Waals surface area contributed by atoms with E-state index in [1.165, 1.54) is 12.0 Å². The van der Waals surface area contributed by atoms with Gasteiger partial charge in [-0.25, -0.2) is 4.79 Å². The Hall–Kier alpha value is -1.92. The molecule has 118 valence electrons. The first-order chi connectivity index (χ1) is 9.64. The number of amides is 1. The predicted octanol–water partition coefficient (Wildman–Crippen LogP) is 0.945. The van der Waals surface area contributed by atoms with Crippen molar-refractivity contribution >= 4 is 23.6 Å². The average Bonchev–Trinajstić information content (AvgIpc) is 2.36. The van der Waals surface area contributed by atoms with Gasteiger partial charge in [-0.15, -0.1) is 0 Å². The third-order valence-corrected chi connectivity index (χ3v) is 3.01. The minimum Gasteiger partial charge on any atom is -0.469 e. The molecule has 0 aliphatic carbocycles. The summed E-state index contributed by atoms with van der Waals surface area (Å²) in [4.78, 5) is 48.1. The summed E-state index contributed by atoms with van der Waals surface area (Å²) in [6, 6.07) is 0. The van der Waals surface area contributed by atoms with Crippen LogP contribution in [0.5, 0.6) is 0 Å². The van der Waals surface area contributed by atoms with Crippen LogP contribution in [0, 0.1) is 5.92 Å². The molecular formula is C14H21NO6. The molecule has 1 heterocycles. The van der Waals surface area contributed by atoms with Crippen molar-refractivity contribution in [2.45, 2.75) is 39.2 Å². The first-order valence-electron chi connectivity index (χ1n) is 6.74. The Balaban J connectivity index is 2.70. The van der Waals surface area contributed by atoms with Crippen molar-refractivity contribution in [3.63, 3.8) is 0 Å². The number of likely N-dealkylation sites (tertiary alicyclic amines) is 1. The molecule has 21 heavy (non-hydrogen) atoms. The fraction of sp³-hybridized carbons (Fsp3) is 0.714. The number of methoxy groups -OCH3 is 1. The van der Waals surface area contributed by atoms with Crippen molar-refractivity contribution in [1.82, 2.24) is 4.90 Å². The Morgan fingerprint density at radius 2 is 1.90 bits per heavy atom. The molecule has 0 bridgehead atoms. The second-order valence-corrected chi connectivity index (χ2v) is 5.91. The Bertz CT molecular complexity index is 451. The van der Waals surface area contributed by atoms with Crippen LogP contribution in [0.25, 0.3) is 0 Å². The van der Waals surface area contributed by atoms with Gasteiger partial charge < -0.3 is 14.4 Å². The van der Waals surface area contributed by atoms with Gasteiger partial charge in [0, 0.05) is 19.5 Å². The lowest BCUT2D eigenvalue weighted by Crippen LogP contribution is -2.48. The molecule has 7 heteroatoms. The highest BCUT2D eigenvalue weighted by Gasteiger charge is 2.36. The third-order valence-electron chi connectivity index (χ3n) is 3.01. The van der Waals surface area contributed by atoms with E-state index in [0.717, 1.165) is 0 Å². The molecule has 0 aromatic carbocycles. The standard InChI is InChI=1S/C14H21NO6/c1-14(2,3)21-13(19)15-6-5-10(16)9(8-15)11(17)7-12(18)20-4/h9H,5-8H2,1-4H3. The molecule has 0 aromatic rings. The zero-order valence-electron chi connectivity index (χ0n) is 12.8. The summed E-state index contributed by atoms with van der Waals surface area (Å²) < 4.78 is 9.63. The number of ketones is 2. The maximum Gasteiger partial charge on any atom is 0.410 e. The van der Waals surface area contributed by atoms with Crippen LogP contribution < -0.4 is 0 Å². The SMILES string of the molecule is COC(=O)CC(=O)C1CN(C(=O)OC(C)(C)C)CCC1=O. The molecule has 1 unspecified atom stereocenters. The largest absolute Gasteiger partial charge is 0.469 e. The predicted molar refractivity (Wildman–Crippen MR) is 72.6 cm³/mol. The molecule has 1 atom stereocenters. The van der Waals surface area contributed by atoms with Crippen LogP contribution in [0.1, 0.15) is 33.6 Å². The normalized spacial score (nSPS) is 19.1. The summed E-state index contributed by atoms with van der Waals surface area (Å²) >= 11 is 0. The molecule has 1 aliphatic rings. The Morgan fingerprint density at radius 1 is 1.29 bits per heavy atom. The maximum atomic E-state index is 12.0. The van der Waals surface area contributed by atoms with Gasteiger partial charge in [0.15, 0.2) is 5.78 Å². The highest BCUT2D eigenvalue weighted by atomic mass is 16.6. The topological polar surface area (TPSA) is 90.0 Å². The number of Topliss-reactive ketones (excluding diaryl/α,β-unsaturated/α-hetero) is 2. The minimum atomic E-state index is -0.981. The van der Waals surface area contributed by atoms with Gasteiger partial charge >= 0.3 is 12.1 Å². The Kier molecular flexibility index (Phi) is 5.46. The Labute approximate surface area is 123 Å². The number of carbonyl (C=O) groups excluding carboxylic acids is 4. The number of hydrogen-bond acceptors (Lipinski definition) is 6. The van der Waals surface area contributed by atoms with Crippen molar-refractivity contribution in [3.8, 4) is 0 Å². The number of carbonyl (C=O) groups is 4. The molecule has 1 amide bonds. The number of hydrogen-bond donors (Lipinski definition) is 0. The van der Waals surface area contributed by atoms with Gasteiger partial charge in [-0.1, -0.05) is 0 Å². The van der Waals surface area contributed by atoms with Gasteiger partial charge in [-0.3, -0.25) is 14.4 Å². The van der Waals surface area contributed by atoms with Crippen molar-refractivity contribution < 1.29 is 28.7 Å². The first kappa shape index (κ1) is 17.1.